The van der Waals surface area contributed by atoms with Crippen molar-refractivity contribution in [2.75, 3.05) is 28.6 Å². The number of anilines is 3. The van der Waals surface area contributed by atoms with Gasteiger partial charge in [-0.1, -0.05) is 45.8 Å². The van der Waals surface area contributed by atoms with Gasteiger partial charge in [0, 0.05) is 49.0 Å². The Labute approximate surface area is 282 Å². The minimum atomic E-state index is -0.613. The van der Waals surface area contributed by atoms with Crippen LogP contribution in [0, 0.1) is 23.5 Å². The molecule has 48 heavy (non-hydrogen) atoms. The maximum Gasteiger partial charge on any atom is 0.323 e. The van der Waals surface area contributed by atoms with Gasteiger partial charge in [-0.15, -0.1) is 0 Å². The standard InChI is InChI=1S/C20H21FN4O3.C13H14FNO.2C2H6/c21-17-8-15(23-12-26)4-5-18(17)28-16-6-7-22-19(9-16)24-20(27)25-10-13-2-1-3-14(13)11-25;1-11(2)4-3-9-15(10-16)13-7-5-12(14)6-8-13;2*1-2/h4-9,12-14H,1-3,10-11H2,(H,23,26)(H,22,24,27);3-10H,1-2H3;2*1-2H3/b;9-3-;;. The van der Waals surface area contributed by atoms with Gasteiger partial charge in [-0.05, 0) is 87.1 Å². The van der Waals surface area contributed by atoms with E-state index in [0.29, 0.717) is 47.6 Å². The molecule has 4 amide bonds. The molecule has 1 saturated heterocycles. The second kappa shape index (κ2) is 20.9. The molecule has 2 aliphatic rings. The highest BCUT2D eigenvalue weighted by atomic mass is 19.1. The Balaban J connectivity index is 0.000000342. The fourth-order valence-electron chi connectivity index (χ4n) is 5.12. The number of halogens is 2. The summed E-state index contributed by atoms with van der Waals surface area (Å²) in [5, 5.41) is 5.17. The summed E-state index contributed by atoms with van der Waals surface area (Å²) in [6.45, 7) is 13.5. The molecule has 1 aliphatic heterocycles. The Hall–Kier alpha value is -5.06. The van der Waals surface area contributed by atoms with Crippen molar-refractivity contribution in [1.29, 1.82) is 0 Å². The first-order valence-corrected chi connectivity index (χ1v) is 16.3. The molecule has 0 spiro atoms. The number of benzene rings is 2. The third-order valence-electron chi connectivity index (χ3n) is 7.28. The predicted octanol–water partition coefficient (Wildman–Crippen LogP) is 9.17. The highest BCUT2D eigenvalue weighted by Crippen LogP contribution is 2.38. The van der Waals surface area contributed by atoms with E-state index in [1.807, 2.05) is 52.5 Å². The van der Waals surface area contributed by atoms with Crippen molar-refractivity contribution in [2.24, 2.45) is 11.8 Å². The Morgan fingerprint density at radius 1 is 0.958 bits per heavy atom. The van der Waals surface area contributed by atoms with E-state index in [4.69, 9.17) is 4.74 Å². The maximum absolute atomic E-state index is 14.1. The van der Waals surface area contributed by atoms with Crippen LogP contribution in [0.4, 0.5) is 30.8 Å². The minimum absolute atomic E-state index is 0.00675. The van der Waals surface area contributed by atoms with Crippen molar-refractivity contribution in [3.63, 3.8) is 0 Å². The van der Waals surface area contributed by atoms with Crippen LogP contribution in [-0.2, 0) is 9.59 Å². The van der Waals surface area contributed by atoms with E-state index in [1.165, 1.54) is 54.6 Å². The summed E-state index contributed by atoms with van der Waals surface area (Å²) in [5.41, 5.74) is 2.11. The molecule has 1 saturated carbocycles. The van der Waals surface area contributed by atoms with Gasteiger partial charge in [-0.3, -0.25) is 19.8 Å². The molecule has 5 rings (SSSR count). The molecule has 2 atom stereocenters. The number of amides is 4. The molecule has 1 aliphatic carbocycles. The van der Waals surface area contributed by atoms with Gasteiger partial charge >= 0.3 is 6.03 Å². The van der Waals surface area contributed by atoms with Gasteiger partial charge in [-0.2, -0.15) is 0 Å². The van der Waals surface area contributed by atoms with Crippen LogP contribution in [0.25, 0.3) is 0 Å². The summed E-state index contributed by atoms with van der Waals surface area (Å²) < 4.78 is 32.3. The number of pyridine rings is 1. The number of nitrogens with zero attached hydrogens (tertiary/aromatic N) is 3. The molecule has 3 aromatic rings. The van der Waals surface area contributed by atoms with E-state index in [-0.39, 0.29) is 17.6 Å². The minimum Gasteiger partial charge on any atom is -0.454 e. The van der Waals surface area contributed by atoms with Crippen molar-refractivity contribution in [2.45, 2.75) is 60.8 Å². The summed E-state index contributed by atoms with van der Waals surface area (Å²) in [5.74, 6) is 1.01. The molecule has 2 unspecified atom stereocenters. The van der Waals surface area contributed by atoms with Gasteiger partial charge in [-0.25, -0.2) is 18.6 Å². The van der Waals surface area contributed by atoms with Crippen molar-refractivity contribution < 1.29 is 27.9 Å². The SMILES string of the molecule is CC.CC.CC(C)=C/C=C\N(C=O)c1ccc(F)cc1.O=CNc1ccc(Oc2ccnc(NC(=O)N3CC4CCCC4C3)c2)c(F)c1. The third-order valence-corrected chi connectivity index (χ3v) is 7.28. The third kappa shape index (κ3) is 12.3. The van der Waals surface area contributed by atoms with Crippen molar-refractivity contribution in [3.8, 4) is 11.5 Å². The number of rotatable bonds is 9. The number of hydrogen-bond donors (Lipinski definition) is 2. The fourth-order valence-corrected chi connectivity index (χ4v) is 5.12. The number of carbonyl (C=O) groups is 3. The van der Waals surface area contributed by atoms with Crippen LogP contribution in [0.3, 0.4) is 0 Å². The lowest BCUT2D eigenvalue weighted by Crippen LogP contribution is -2.33. The van der Waals surface area contributed by atoms with Gasteiger partial charge in [0.25, 0.3) is 0 Å². The summed E-state index contributed by atoms with van der Waals surface area (Å²) in [7, 11) is 0. The number of likely N-dealkylation sites (tertiary alicyclic amines) is 1. The first-order chi connectivity index (χ1) is 23.2. The predicted molar refractivity (Wildman–Crippen MR) is 188 cm³/mol. The van der Waals surface area contributed by atoms with Crippen molar-refractivity contribution in [3.05, 3.63) is 96.4 Å². The van der Waals surface area contributed by atoms with Gasteiger partial charge in [0.15, 0.2) is 11.6 Å². The Bertz CT molecular complexity index is 1500. The number of fused-ring (bicyclic) bond motifs is 1. The van der Waals surface area contributed by atoms with Crippen LogP contribution < -0.4 is 20.3 Å². The van der Waals surface area contributed by atoms with Crippen LogP contribution in [0.2, 0.25) is 0 Å². The number of urea groups is 1. The Morgan fingerprint density at radius 3 is 2.21 bits per heavy atom. The number of allylic oxidation sites excluding steroid dienone is 3. The van der Waals surface area contributed by atoms with E-state index in [0.717, 1.165) is 24.7 Å². The molecule has 2 heterocycles. The highest BCUT2D eigenvalue weighted by Gasteiger charge is 2.38. The van der Waals surface area contributed by atoms with Crippen molar-refractivity contribution >= 4 is 36.0 Å². The highest BCUT2D eigenvalue weighted by molar-refractivity contribution is 5.88. The Kier molecular flexibility index (Phi) is 17.1. The molecular weight excluding hydrogens is 616 g/mol. The van der Waals surface area contributed by atoms with Crippen LogP contribution in [-0.4, -0.2) is 41.8 Å². The maximum atomic E-state index is 14.1. The van der Waals surface area contributed by atoms with Gasteiger partial charge in [0.1, 0.15) is 17.4 Å². The molecule has 258 valence electrons. The van der Waals surface area contributed by atoms with E-state index < -0.39 is 5.82 Å². The lowest BCUT2D eigenvalue weighted by Gasteiger charge is -2.18. The molecule has 1 aromatic heterocycles. The smallest absolute Gasteiger partial charge is 0.323 e. The van der Waals surface area contributed by atoms with Gasteiger partial charge < -0.3 is 15.0 Å². The first kappa shape index (κ1) is 39.1. The van der Waals surface area contributed by atoms with E-state index in [2.05, 4.69) is 15.6 Å². The van der Waals surface area contributed by atoms with Gasteiger partial charge in [0.05, 0.1) is 0 Å². The van der Waals surface area contributed by atoms with Gasteiger partial charge in [0.2, 0.25) is 12.8 Å². The summed E-state index contributed by atoms with van der Waals surface area (Å²) in [6, 6.07) is 12.8. The quantitative estimate of drug-likeness (QED) is 0.176. The van der Waals surface area contributed by atoms with Crippen LogP contribution in [0.5, 0.6) is 11.5 Å². The normalized spacial score (nSPS) is 15.6. The van der Waals surface area contributed by atoms with E-state index in [9.17, 15) is 23.2 Å². The molecule has 0 bridgehead atoms. The number of nitrogens with one attached hydrogen (secondary N) is 2. The zero-order chi connectivity index (χ0) is 35.5. The summed E-state index contributed by atoms with van der Waals surface area (Å²) >= 11 is 0. The molecule has 2 aromatic carbocycles. The second-order valence-electron chi connectivity index (χ2n) is 10.7. The van der Waals surface area contributed by atoms with Crippen LogP contribution in [0.15, 0.2) is 84.7 Å². The largest absolute Gasteiger partial charge is 0.454 e. The average molecular weight is 664 g/mol. The zero-order valence-electron chi connectivity index (χ0n) is 28.6. The summed E-state index contributed by atoms with van der Waals surface area (Å²) in [6.07, 6.45) is 11.6. The molecule has 2 N–H and O–H groups in total. The lowest BCUT2D eigenvalue weighted by atomic mass is 10.0. The Morgan fingerprint density at radius 2 is 1.62 bits per heavy atom. The molecular formula is C37H47F2N5O4. The van der Waals surface area contributed by atoms with E-state index >= 15 is 0 Å². The average Bonchev–Trinajstić information content (AvgIpc) is 3.71. The number of ether oxygens (including phenoxy) is 1. The van der Waals surface area contributed by atoms with Crippen molar-refractivity contribution in [1.82, 2.24) is 9.88 Å². The molecule has 2 fully saturated rings. The van der Waals surface area contributed by atoms with Crippen LogP contribution >= 0.6 is 0 Å². The zero-order valence-corrected chi connectivity index (χ0v) is 28.6. The monoisotopic (exact) mass is 663 g/mol. The molecule has 0 radical (unpaired) electrons. The summed E-state index contributed by atoms with van der Waals surface area (Å²) in [4.78, 5) is 41.1. The fraction of sp³-hybridized carbons (Fsp3) is 0.351. The molecule has 11 heteroatoms. The van der Waals surface area contributed by atoms with Crippen LogP contribution in [0.1, 0.15) is 60.8 Å². The first-order valence-electron chi connectivity index (χ1n) is 16.3. The molecule has 9 nitrogen and oxygen atoms in total. The number of carbonyl (C=O) groups excluding carboxylic acids is 3. The topological polar surface area (TPSA) is 104 Å². The number of aromatic nitrogens is 1. The second-order valence-corrected chi connectivity index (χ2v) is 10.7. The van der Waals surface area contributed by atoms with E-state index in [1.54, 1.807) is 36.5 Å². The lowest BCUT2D eigenvalue weighted by molar-refractivity contribution is -0.107. The number of hydrogen-bond acceptors (Lipinski definition) is 5.